The summed E-state index contributed by atoms with van der Waals surface area (Å²) in [5.41, 5.74) is 1.42. The minimum Gasteiger partial charge on any atom is -0.241 e. The van der Waals surface area contributed by atoms with Crippen LogP contribution in [-0.4, -0.2) is 10.3 Å². The summed E-state index contributed by atoms with van der Waals surface area (Å²) in [7, 11) is 0. The number of fused-ring (bicyclic) bond motifs is 1. The summed E-state index contributed by atoms with van der Waals surface area (Å²) < 4.78 is 1.29. The molecule has 0 radical (unpaired) electrons. The zero-order chi connectivity index (χ0) is 12.5. The fourth-order valence-electron chi connectivity index (χ4n) is 1.75. The molecular weight excluding hydrogens is 294 g/mol. The Balaban J connectivity index is 2.29. The second-order valence-corrected chi connectivity index (χ2v) is 6.87. The monoisotopic (exact) mass is 311 g/mol. The number of para-hydroxylation sites is 1. The quantitative estimate of drug-likeness (QED) is 0.732. The fraction of sp³-hybridized carbons (Fsp3) is 0.500. The number of hydrogen-bond donors (Lipinski definition) is 0. The van der Waals surface area contributed by atoms with E-state index < -0.39 is 0 Å². The normalized spacial score (nSPS) is 15.4. The smallest absolute Gasteiger partial charge is 0.0944 e. The Labute approximate surface area is 115 Å². The summed E-state index contributed by atoms with van der Waals surface area (Å²) in [6.07, 6.45) is 1.05. The summed E-state index contributed by atoms with van der Waals surface area (Å²) in [6, 6.07) is 8.38. The van der Waals surface area contributed by atoms with Gasteiger partial charge in [-0.2, -0.15) is 0 Å². The third-order valence-corrected chi connectivity index (χ3v) is 5.91. The predicted octanol–water partition coefficient (Wildman–Crippen LogP) is 4.90. The SMILES string of the molecule is CC(C)C(C)(CBr)Cc1nc2ccccc2s1. The van der Waals surface area contributed by atoms with Gasteiger partial charge in [-0.15, -0.1) is 11.3 Å². The van der Waals surface area contributed by atoms with E-state index in [9.17, 15) is 0 Å². The third kappa shape index (κ3) is 2.71. The van der Waals surface area contributed by atoms with Gasteiger partial charge in [0.05, 0.1) is 15.2 Å². The molecule has 0 aliphatic rings. The van der Waals surface area contributed by atoms with E-state index in [0.29, 0.717) is 5.92 Å². The third-order valence-electron chi connectivity index (χ3n) is 3.59. The van der Waals surface area contributed by atoms with Crippen molar-refractivity contribution in [2.24, 2.45) is 11.3 Å². The van der Waals surface area contributed by atoms with Gasteiger partial charge < -0.3 is 0 Å². The topological polar surface area (TPSA) is 12.9 Å². The molecule has 3 heteroatoms. The van der Waals surface area contributed by atoms with Gasteiger partial charge in [0.1, 0.15) is 0 Å². The highest BCUT2D eigenvalue weighted by Crippen LogP contribution is 2.35. The maximum Gasteiger partial charge on any atom is 0.0944 e. The number of thiazole rings is 1. The molecule has 0 aliphatic heterocycles. The van der Waals surface area contributed by atoms with Crippen molar-refractivity contribution in [1.29, 1.82) is 0 Å². The van der Waals surface area contributed by atoms with E-state index in [1.54, 1.807) is 0 Å². The maximum atomic E-state index is 4.73. The van der Waals surface area contributed by atoms with Crippen LogP contribution in [-0.2, 0) is 6.42 Å². The Morgan fingerprint density at radius 2 is 2.06 bits per heavy atom. The van der Waals surface area contributed by atoms with Crippen LogP contribution in [0.2, 0.25) is 0 Å². The highest BCUT2D eigenvalue weighted by atomic mass is 79.9. The number of nitrogens with zero attached hydrogens (tertiary/aromatic N) is 1. The van der Waals surface area contributed by atoms with Crippen molar-refractivity contribution in [2.45, 2.75) is 27.2 Å². The second kappa shape index (κ2) is 5.07. The van der Waals surface area contributed by atoms with Crippen LogP contribution < -0.4 is 0 Å². The van der Waals surface area contributed by atoms with Crippen LogP contribution in [0, 0.1) is 11.3 Å². The van der Waals surface area contributed by atoms with Crippen LogP contribution in [0.1, 0.15) is 25.8 Å². The van der Waals surface area contributed by atoms with Gasteiger partial charge in [-0.3, -0.25) is 0 Å². The summed E-state index contributed by atoms with van der Waals surface area (Å²) in [5.74, 6) is 0.647. The molecule has 1 aromatic carbocycles. The van der Waals surface area contributed by atoms with Crippen molar-refractivity contribution >= 4 is 37.5 Å². The van der Waals surface area contributed by atoms with Crippen LogP contribution in [0.4, 0.5) is 0 Å². The fourth-order valence-corrected chi connectivity index (χ4v) is 3.76. The highest BCUT2D eigenvalue weighted by Gasteiger charge is 2.28. The van der Waals surface area contributed by atoms with E-state index in [-0.39, 0.29) is 5.41 Å². The van der Waals surface area contributed by atoms with Crippen LogP contribution in [0.3, 0.4) is 0 Å². The van der Waals surface area contributed by atoms with Crippen molar-refractivity contribution in [3.05, 3.63) is 29.3 Å². The van der Waals surface area contributed by atoms with Gasteiger partial charge in [-0.25, -0.2) is 4.98 Å². The molecule has 1 unspecified atom stereocenters. The lowest BCUT2D eigenvalue weighted by Gasteiger charge is -2.30. The first-order valence-electron chi connectivity index (χ1n) is 5.95. The van der Waals surface area contributed by atoms with Gasteiger partial charge in [-0.05, 0) is 23.5 Å². The van der Waals surface area contributed by atoms with Crippen LogP contribution in [0.25, 0.3) is 10.2 Å². The largest absolute Gasteiger partial charge is 0.241 e. The van der Waals surface area contributed by atoms with Gasteiger partial charge in [0, 0.05) is 11.8 Å². The van der Waals surface area contributed by atoms with Crippen LogP contribution >= 0.6 is 27.3 Å². The van der Waals surface area contributed by atoms with Crippen molar-refractivity contribution in [3.63, 3.8) is 0 Å². The molecule has 2 aromatic rings. The molecular formula is C14H18BrNS. The molecule has 2 rings (SSSR count). The minimum atomic E-state index is 0.286. The van der Waals surface area contributed by atoms with Crippen molar-refractivity contribution in [3.8, 4) is 0 Å². The number of halogens is 1. The maximum absolute atomic E-state index is 4.73. The molecule has 1 nitrogen and oxygen atoms in total. The summed E-state index contributed by atoms with van der Waals surface area (Å²) in [5, 5.41) is 2.27. The van der Waals surface area contributed by atoms with E-state index in [0.717, 1.165) is 17.3 Å². The van der Waals surface area contributed by atoms with E-state index in [1.165, 1.54) is 9.71 Å². The number of hydrogen-bond acceptors (Lipinski definition) is 2. The van der Waals surface area contributed by atoms with Gasteiger partial charge in [0.2, 0.25) is 0 Å². The number of rotatable bonds is 4. The summed E-state index contributed by atoms with van der Waals surface area (Å²) in [6.45, 7) is 6.90. The molecule has 0 fully saturated rings. The van der Waals surface area contributed by atoms with Gasteiger partial charge in [0.15, 0.2) is 0 Å². The Morgan fingerprint density at radius 1 is 1.35 bits per heavy atom. The van der Waals surface area contributed by atoms with E-state index in [4.69, 9.17) is 4.98 Å². The Hall–Kier alpha value is -0.410. The number of alkyl halides is 1. The average Bonchev–Trinajstić information content (AvgIpc) is 2.70. The lowest BCUT2D eigenvalue weighted by Crippen LogP contribution is -2.27. The van der Waals surface area contributed by atoms with Crippen molar-refractivity contribution < 1.29 is 0 Å². The lowest BCUT2D eigenvalue weighted by atomic mass is 9.78. The first-order chi connectivity index (χ1) is 8.05. The highest BCUT2D eigenvalue weighted by molar-refractivity contribution is 9.09. The van der Waals surface area contributed by atoms with Gasteiger partial charge in [-0.1, -0.05) is 48.8 Å². The molecule has 0 spiro atoms. The molecule has 0 saturated heterocycles. The Morgan fingerprint density at radius 3 is 2.65 bits per heavy atom. The summed E-state index contributed by atoms with van der Waals surface area (Å²) >= 11 is 5.48. The van der Waals surface area contributed by atoms with Gasteiger partial charge >= 0.3 is 0 Å². The Bertz CT molecular complexity index is 473. The van der Waals surface area contributed by atoms with E-state index in [1.807, 2.05) is 11.3 Å². The average molecular weight is 312 g/mol. The predicted molar refractivity (Wildman–Crippen MR) is 80.1 cm³/mol. The molecule has 1 aromatic heterocycles. The second-order valence-electron chi connectivity index (χ2n) is 5.19. The lowest BCUT2D eigenvalue weighted by molar-refractivity contribution is 0.258. The van der Waals surface area contributed by atoms with Crippen molar-refractivity contribution in [2.75, 3.05) is 5.33 Å². The molecule has 0 aliphatic carbocycles. The first-order valence-corrected chi connectivity index (χ1v) is 7.89. The molecule has 92 valence electrons. The zero-order valence-electron chi connectivity index (χ0n) is 10.5. The molecule has 1 heterocycles. The van der Waals surface area contributed by atoms with Crippen molar-refractivity contribution in [1.82, 2.24) is 4.98 Å². The molecule has 0 N–H and O–H groups in total. The molecule has 17 heavy (non-hydrogen) atoms. The number of benzene rings is 1. The first kappa shape index (κ1) is 13.0. The number of aromatic nitrogens is 1. The summed E-state index contributed by atoms with van der Waals surface area (Å²) in [4.78, 5) is 4.73. The molecule has 0 bridgehead atoms. The molecule has 1 atom stereocenters. The molecule has 0 amide bonds. The van der Waals surface area contributed by atoms with Gasteiger partial charge in [0.25, 0.3) is 0 Å². The van der Waals surface area contributed by atoms with Crippen LogP contribution in [0.5, 0.6) is 0 Å². The van der Waals surface area contributed by atoms with E-state index >= 15 is 0 Å². The molecule has 0 saturated carbocycles. The standard InChI is InChI=1S/C14H18BrNS/c1-10(2)14(3,9-15)8-13-16-11-6-4-5-7-12(11)17-13/h4-7,10H,8-9H2,1-3H3. The van der Waals surface area contributed by atoms with E-state index in [2.05, 4.69) is 61.0 Å². The van der Waals surface area contributed by atoms with Crippen LogP contribution in [0.15, 0.2) is 24.3 Å². The minimum absolute atomic E-state index is 0.286. The zero-order valence-corrected chi connectivity index (χ0v) is 12.9. The Kier molecular flexibility index (Phi) is 3.88.